The molecule has 4 heterocycles. The number of fused-ring (bicyclic) bond motifs is 1. The number of nitrogens with zero attached hydrogens (tertiary/aromatic N) is 5. The molecule has 35 heavy (non-hydrogen) atoms. The predicted molar refractivity (Wildman–Crippen MR) is 129 cm³/mol. The number of carbonyl (C=O) groups excluding carboxylic acids is 1. The summed E-state index contributed by atoms with van der Waals surface area (Å²) in [6, 6.07) is 9.72. The van der Waals surface area contributed by atoms with E-state index in [4.69, 9.17) is 16.3 Å². The van der Waals surface area contributed by atoms with Crippen molar-refractivity contribution in [2.75, 3.05) is 32.8 Å². The van der Waals surface area contributed by atoms with E-state index in [1.165, 1.54) is 16.4 Å². The maximum atomic E-state index is 14.0. The van der Waals surface area contributed by atoms with Gasteiger partial charge in [0.15, 0.2) is 11.4 Å². The third-order valence-corrected chi connectivity index (χ3v) is 6.78. The van der Waals surface area contributed by atoms with E-state index in [1.807, 2.05) is 23.1 Å². The lowest BCUT2D eigenvalue weighted by Gasteiger charge is -2.40. The Balaban J connectivity index is 1.52. The van der Waals surface area contributed by atoms with Gasteiger partial charge in [-0.25, -0.2) is 14.5 Å². The molecular weight excluding hydrogens is 470 g/mol. The van der Waals surface area contributed by atoms with Crippen LogP contribution in [-0.4, -0.2) is 80.4 Å². The third kappa shape index (κ3) is 4.80. The van der Waals surface area contributed by atoms with Crippen molar-refractivity contribution in [2.45, 2.75) is 25.9 Å². The summed E-state index contributed by atoms with van der Waals surface area (Å²) in [5.41, 5.74) is 3.28. The number of hydrogen-bond acceptors (Lipinski definition) is 6. The first-order valence-corrected chi connectivity index (χ1v) is 11.9. The molecule has 5 rings (SSSR count). The second-order valence-corrected chi connectivity index (χ2v) is 9.34. The van der Waals surface area contributed by atoms with Gasteiger partial charge in [0.05, 0.1) is 23.9 Å². The largest absolute Gasteiger partial charge is 0.476 e. The first-order chi connectivity index (χ1) is 16.9. The number of amides is 1. The molecule has 10 heteroatoms. The van der Waals surface area contributed by atoms with Gasteiger partial charge in [0.25, 0.3) is 5.91 Å². The lowest BCUT2D eigenvalue weighted by atomic mass is 9.93. The first kappa shape index (κ1) is 23.5. The molecule has 0 spiro atoms. The number of pyridine rings is 1. The van der Waals surface area contributed by atoms with E-state index in [9.17, 15) is 14.7 Å². The third-order valence-electron chi connectivity index (χ3n) is 6.57. The smallest absolute Gasteiger partial charge is 0.356 e. The maximum absolute atomic E-state index is 14.0. The van der Waals surface area contributed by atoms with Crippen LogP contribution >= 0.6 is 11.6 Å². The highest BCUT2D eigenvalue weighted by atomic mass is 35.5. The number of halogens is 1. The van der Waals surface area contributed by atoms with E-state index in [0.717, 1.165) is 31.6 Å². The Bertz CT molecular complexity index is 1270. The Labute approximate surface area is 207 Å². The average Bonchev–Trinajstić information content (AvgIpc) is 3.25. The highest BCUT2D eigenvalue weighted by Gasteiger charge is 2.34. The van der Waals surface area contributed by atoms with Crippen LogP contribution in [0.4, 0.5) is 0 Å². The normalized spacial score (nSPS) is 18.3. The van der Waals surface area contributed by atoms with Crippen LogP contribution < -0.4 is 0 Å². The van der Waals surface area contributed by atoms with E-state index in [-0.39, 0.29) is 23.3 Å². The van der Waals surface area contributed by atoms with Gasteiger partial charge in [0, 0.05) is 50.2 Å². The molecule has 2 aliphatic rings. The van der Waals surface area contributed by atoms with Crippen LogP contribution in [0, 0.1) is 6.92 Å². The van der Waals surface area contributed by atoms with E-state index < -0.39 is 5.97 Å². The second-order valence-electron chi connectivity index (χ2n) is 8.90. The van der Waals surface area contributed by atoms with Crippen LogP contribution in [0.3, 0.4) is 0 Å². The fraction of sp³-hybridized carbons (Fsp3) is 0.360. The molecule has 2 aliphatic heterocycles. The standard InChI is InChI=1S/C25H26ClN5O4/c1-16-13-31(28-22(16)25(33)34)21-11-19(26)12-27-23(21)24(32)30-14-18-5-3-2-4-17(18)10-20(30)15-29-6-8-35-9-7-29/h2-5,11-13,20H,6-10,14-15H2,1H3,(H,33,34)/t20-/m0/s1. The van der Waals surface area contributed by atoms with Gasteiger partial charge in [-0.15, -0.1) is 0 Å². The Morgan fingerprint density at radius 1 is 1.17 bits per heavy atom. The van der Waals surface area contributed by atoms with Crippen LogP contribution in [0.25, 0.3) is 5.69 Å². The molecule has 9 nitrogen and oxygen atoms in total. The first-order valence-electron chi connectivity index (χ1n) is 11.5. The van der Waals surface area contributed by atoms with Gasteiger partial charge < -0.3 is 14.7 Å². The number of aromatic carboxylic acids is 1. The molecule has 0 radical (unpaired) electrons. The minimum absolute atomic E-state index is 0.0465. The number of morpholine rings is 1. The van der Waals surface area contributed by atoms with Gasteiger partial charge in [-0.1, -0.05) is 35.9 Å². The van der Waals surface area contributed by atoms with E-state index in [1.54, 1.807) is 19.2 Å². The van der Waals surface area contributed by atoms with E-state index in [0.29, 0.717) is 36.0 Å². The van der Waals surface area contributed by atoms with Crippen molar-refractivity contribution in [3.8, 4) is 5.69 Å². The van der Waals surface area contributed by atoms with Crippen molar-refractivity contribution in [1.29, 1.82) is 0 Å². The molecule has 0 bridgehead atoms. The maximum Gasteiger partial charge on any atom is 0.356 e. The Morgan fingerprint density at radius 2 is 1.91 bits per heavy atom. The topological polar surface area (TPSA) is 101 Å². The lowest BCUT2D eigenvalue weighted by molar-refractivity contribution is 0.0191. The zero-order valence-electron chi connectivity index (χ0n) is 19.4. The number of carbonyl (C=O) groups is 2. The fourth-order valence-corrected chi connectivity index (χ4v) is 4.92. The summed E-state index contributed by atoms with van der Waals surface area (Å²) in [4.78, 5) is 34.1. The number of ether oxygens (including phenoxy) is 1. The van der Waals surface area contributed by atoms with Gasteiger partial charge in [-0.2, -0.15) is 5.10 Å². The molecule has 182 valence electrons. The lowest BCUT2D eigenvalue weighted by Crippen LogP contribution is -2.52. The number of aromatic nitrogens is 3. The average molecular weight is 496 g/mol. The highest BCUT2D eigenvalue weighted by Crippen LogP contribution is 2.28. The molecule has 1 atom stereocenters. The molecule has 2 aromatic heterocycles. The summed E-state index contributed by atoms with van der Waals surface area (Å²) < 4.78 is 6.87. The molecule has 0 unspecified atom stereocenters. The van der Waals surface area contributed by atoms with Crippen molar-refractivity contribution in [2.24, 2.45) is 0 Å². The van der Waals surface area contributed by atoms with Gasteiger partial charge in [-0.05, 0) is 30.5 Å². The molecule has 1 fully saturated rings. The number of benzene rings is 1. The molecule has 1 aromatic carbocycles. The monoisotopic (exact) mass is 495 g/mol. The van der Waals surface area contributed by atoms with Crippen LogP contribution in [0.15, 0.2) is 42.7 Å². The number of aryl methyl sites for hydroxylation is 1. The zero-order chi connectivity index (χ0) is 24.5. The number of carboxylic acids is 1. The number of rotatable bonds is 5. The van der Waals surface area contributed by atoms with Crippen LogP contribution in [-0.2, 0) is 17.7 Å². The zero-order valence-corrected chi connectivity index (χ0v) is 20.1. The van der Waals surface area contributed by atoms with Crippen molar-refractivity contribution in [1.82, 2.24) is 24.6 Å². The molecule has 1 N–H and O–H groups in total. The van der Waals surface area contributed by atoms with E-state index >= 15 is 0 Å². The van der Waals surface area contributed by atoms with Crippen molar-refractivity contribution < 1.29 is 19.4 Å². The van der Waals surface area contributed by atoms with Crippen molar-refractivity contribution in [3.05, 3.63) is 75.8 Å². The van der Waals surface area contributed by atoms with Gasteiger partial charge in [0.2, 0.25) is 0 Å². The molecule has 0 aliphatic carbocycles. The van der Waals surface area contributed by atoms with E-state index in [2.05, 4.69) is 21.0 Å². The Hall–Kier alpha value is -3.27. The molecule has 1 amide bonds. The van der Waals surface area contributed by atoms with Crippen molar-refractivity contribution in [3.63, 3.8) is 0 Å². The van der Waals surface area contributed by atoms with Gasteiger partial charge in [0.1, 0.15) is 0 Å². The molecule has 1 saturated heterocycles. The van der Waals surface area contributed by atoms with Crippen LogP contribution in [0.1, 0.15) is 37.7 Å². The molecule has 0 saturated carbocycles. The summed E-state index contributed by atoms with van der Waals surface area (Å²) in [6.07, 6.45) is 3.75. The SMILES string of the molecule is Cc1cn(-c2cc(Cl)cnc2C(=O)N2Cc3ccccc3C[C@H]2CN2CCOCC2)nc1C(=O)O. The van der Waals surface area contributed by atoms with Crippen LogP contribution in [0.2, 0.25) is 5.02 Å². The van der Waals surface area contributed by atoms with Gasteiger partial charge in [-0.3, -0.25) is 9.69 Å². The minimum atomic E-state index is -1.14. The summed E-state index contributed by atoms with van der Waals surface area (Å²) in [5.74, 6) is -1.38. The Kier molecular flexibility index (Phi) is 6.55. The number of hydrogen-bond donors (Lipinski definition) is 1. The second kappa shape index (κ2) is 9.77. The van der Waals surface area contributed by atoms with Crippen molar-refractivity contribution >= 4 is 23.5 Å². The fourth-order valence-electron chi connectivity index (χ4n) is 4.77. The summed E-state index contributed by atoms with van der Waals surface area (Å²) in [5, 5.41) is 14.0. The summed E-state index contributed by atoms with van der Waals surface area (Å²) in [7, 11) is 0. The Morgan fingerprint density at radius 3 is 2.63 bits per heavy atom. The minimum Gasteiger partial charge on any atom is -0.476 e. The highest BCUT2D eigenvalue weighted by molar-refractivity contribution is 6.30. The molecule has 3 aromatic rings. The predicted octanol–water partition coefficient (Wildman–Crippen LogP) is 2.83. The van der Waals surface area contributed by atoms with Gasteiger partial charge >= 0.3 is 5.97 Å². The number of carboxylic acid groups (broad SMARTS) is 1. The summed E-state index contributed by atoms with van der Waals surface area (Å²) >= 11 is 6.23. The molecular formula is C25H26ClN5O4. The quantitative estimate of drug-likeness (QED) is 0.580. The summed E-state index contributed by atoms with van der Waals surface area (Å²) in [6.45, 7) is 5.88. The van der Waals surface area contributed by atoms with Crippen LogP contribution in [0.5, 0.6) is 0 Å².